The van der Waals surface area contributed by atoms with Crippen molar-refractivity contribution in [2.75, 3.05) is 7.11 Å². The summed E-state index contributed by atoms with van der Waals surface area (Å²) in [5, 5.41) is 11.2. The molecule has 1 atom stereocenters. The fraction of sp³-hybridized carbons (Fsp3) is 0.222. The van der Waals surface area contributed by atoms with Gasteiger partial charge in [0.05, 0.1) is 37.1 Å². The summed E-state index contributed by atoms with van der Waals surface area (Å²) in [4.78, 5) is 32.0. The van der Waals surface area contributed by atoms with Crippen molar-refractivity contribution in [3.8, 4) is 11.5 Å². The molecule has 1 aliphatic heterocycles. The predicted molar refractivity (Wildman–Crippen MR) is 127 cm³/mol. The van der Waals surface area contributed by atoms with Gasteiger partial charge in [0, 0.05) is 11.8 Å². The van der Waals surface area contributed by atoms with Crippen LogP contribution in [0.2, 0.25) is 0 Å². The molecule has 1 aliphatic rings. The summed E-state index contributed by atoms with van der Waals surface area (Å²) in [7, 11) is 1.56. The summed E-state index contributed by atoms with van der Waals surface area (Å²) in [6.45, 7) is 3.97. The van der Waals surface area contributed by atoms with Crippen molar-refractivity contribution < 1.29 is 24.2 Å². The number of pyridine rings is 1. The minimum absolute atomic E-state index is 0.00596. The lowest BCUT2D eigenvalue weighted by Crippen LogP contribution is -2.29. The van der Waals surface area contributed by atoms with Crippen LogP contribution in [0.15, 0.2) is 78.5 Å². The van der Waals surface area contributed by atoms with Crippen molar-refractivity contribution in [3.63, 3.8) is 0 Å². The molecule has 1 aromatic heterocycles. The Morgan fingerprint density at radius 3 is 2.26 bits per heavy atom. The fourth-order valence-corrected chi connectivity index (χ4v) is 3.96. The quantitative estimate of drug-likeness (QED) is 0.319. The van der Waals surface area contributed by atoms with Gasteiger partial charge in [-0.05, 0) is 67.9 Å². The molecule has 1 N–H and O–H groups in total. The van der Waals surface area contributed by atoms with Gasteiger partial charge >= 0.3 is 0 Å². The van der Waals surface area contributed by atoms with Crippen LogP contribution in [0.1, 0.15) is 36.7 Å². The standard InChI is InChI=1S/C27H26N2O5/c1-17(2)34-22-13-9-19(10-14-22)25(30)23-24(18-7-11-21(33-3)12-8-18)29(27(32)26(23)31)16-20-6-4-5-15-28-20/h4-15,17,24,30H,16H2,1-3H3/b25-23+. The minimum Gasteiger partial charge on any atom is -0.507 e. The summed E-state index contributed by atoms with van der Waals surface area (Å²) < 4.78 is 10.9. The van der Waals surface area contributed by atoms with Crippen molar-refractivity contribution in [2.24, 2.45) is 0 Å². The Morgan fingerprint density at radius 1 is 1.00 bits per heavy atom. The van der Waals surface area contributed by atoms with Gasteiger partial charge in [-0.1, -0.05) is 18.2 Å². The summed E-state index contributed by atoms with van der Waals surface area (Å²) in [6.07, 6.45) is 1.64. The molecule has 7 nitrogen and oxygen atoms in total. The van der Waals surface area contributed by atoms with Crippen LogP contribution in [0.5, 0.6) is 11.5 Å². The van der Waals surface area contributed by atoms with Gasteiger partial charge in [-0.3, -0.25) is 14.6 Å². The van der Waals surface area contributed by atoms with Crippen LogP contribution in [-0.2, 0) is 16.1 Å². The first-order valence-electron chi connectivity index (χ1n) is 11.0. The number of aliphatic hydroxyl groups is 1. The van der Waals surface area contributed by atoms with Gasteiger partial charge in [-0.25, -0.2) is 0 Å². The van der Waals surface area contributed by atoms with Gasteiger partial charge in [-0.15, -0.1) is 0 Å². The van der Waals surface area contributed by atoms with E-state index in [4.69, 9.17) is 9.47 Å². The van der Waals surface area contributed by atoms with E-state index in [0.29, 0.717) is 28.3 Å². The van der Waals surface area contributed by atoms with Crippen LogP contribution in [0.3, 0.4) is 0 Å². The van der Waals surface area contributed by atoms with E-state index in [1.165, 1.54) is 4.90 Å². The molecule has 4 rings (SSSR count). The van der Waals surface area contributed by atoms with Gasteiger partial charge < -0.3 is 19.5 Å². The number of hydrogen-bond acceptors (Lipinski definition) is 6. The van der Waals surface area contributed by atoms with Gasteiger partial charge in [-0.2, -0.15) is 0 Å². The van der Waals surface area contributed by atoms with E-state index in [-0.39, 0.29) is 24.0 Å². The van der Waals surface area contributed by atoms with E-state index in [2.05, 4.69) is 4.98 Å². The number of hydrogen-bond donors (Lipinski definition) is 1. The van der Waals surface area contributed by atoms with Gasteiger partial charge in [0.2, 0.25) is 0 Å². The number of methoxy groups -OCH3 is 1. The number of Topliss-reactive ketones (excluding diaryl/α,β-unsaturated/α-hetero) is 1. The van der Waals surface area contributed by atoms with Crippen molar-refractivity contribution in [3.05, 3.63) is 95.3 Å². The highest BCUT2D eigenvalue weighted by atomic mass is 16.5. The number of likely N-dealkylation sites (tertiary alicyclic amines) is 1. The van der Waals surface area contributed by atoms with E-state index in [9.17, 15) is 14.7 Å². The number of ketones is 1. The molecule has 0 spiro atoms. The Labute approximate surface area is 198 Å². The second-order valence-electron chi connectivity index (χ2n) is 8.21. The first-order valence-corrected chi connectivity index (χ1v) is 11.0. The lowest BCUT2D eigenvalue weighted by molar-refractivity contribution is -0.140. The molecule has 1 saturated heterocycles. The van der Waals surface area contributed by atoms with Crippen molar-refractivity contribution in [1.82, 2.24) is 9.88 Å². The van der Waals surface area contributed by atoms with E-state index in [0.717, 1.165) is 0 Å². The van der Waals surface area contributed by atoms with Crippen LogP contribution in [0.4, 0.5) is 0 Å². The number of aliphatic hydroxyl groups excluding tert-OH is 1. The largest absolute Gasteiger partial charge is 0.507 e. The number of ether oxygens (including phenoxy) is 2. The molecule has 0 saturated carbocycles. The Morgan fingerprint density at radius 2 is 1.68 bits per heavy atom. The average molecular weight is 459 g/mol. The molecule has 0 bridgehead atoms. The zero-order valence-electron chi connectivity index (χ0n) is 19.3. The number of benzene rings is 2. The van der Waals surface area contributed by atoms with E-state index in [1.54, 1.807) is 74.0 Å². The molecule has 2 heterocycles. The molecule has 1 fully saturated rings. The van der Waals surface area contributed by atoms with Crippen LogP contribution in [0, 0.1) is 0 Å². The molecule has 0 aliphatic carbocycles. The summed E-state index contributed by atoms with van der Waals surface area (Å²) in [5.41, 5.74) is 1.77. The van der Waals surface area contributed by atoms with Crippen molar-refractivity contribution in [1.29, 1.82) is 0 Å². The normalized spacial score (nSPS) is 17.3. The van der Waals surface area contributed by atoms with Crippen molar-refractivity contribution in [2.45, 2.75) is 32.5 Å². The number of carbonyl (C=O) groups is 2. The van der Waals surface area contributed by atoms with Crippen molar-refractivity contribution >= 4 is 17.4 Å². The molecule has 1 amide bonds. The Bertz CT molecular complexity index is 1200. The lowest BCUT2D eigenvalue weighted by atomic mass is 9.95. The summed E-state index contributed by atoms with van der Waals surface area (Å²) in [5.74, 6) is -0.372. The van der Waals surface area contributed by atoms with Gasteiger partial charge in [0.15, 0.2) is 0 Å². The lowest BCUT2D eigenvalue weighted by Gasteiger charge is -2.25. The predicted octanol–water partition coefficient (Wildman–Crippen LogP) is 4.50. The second-order valence-corrected chi connectivity index (χ2v) is 8.21. The van der Waals surface area contributed by atoms with Gasteiger partial charge in [0.1, 0.15) is 17.3 Å². The first kappa shape index (κ1) is 23.0. The average Bonchev–Trinajstić information content (AvgIpc) is 3.09. The number of aromatic nitrogens is 1. The maximum absolute atomic E-state index is 13.2. The van der Waals surface area contributed by atoms with Crippen LogP contribution in [-0.4, -0.2) is 39.9 Å². The van der Waals surface area contributed by atoms with Crippen LogP contribution in [0.25, 0.3) is 5.76 Å². The van der Waals surface area contributed by atoms with E-state index < -0.39 is 17.7 Å². The minimum atomic E-state index is -0.778. The molecule has 0 radical (unpaired) electrons. The SMILES string of the molecule is COc1ccc(C2/C(=C(\O)c3ccc(OC(C)C)cc3)C(=O)C(=O)N2Cc2ccccn2)cc1. The third kappa shape index (κ3) is 4.64. The Hall–Kier alpha value is -4.13. The first-order chi connectivity index (χ1) is 16.4. The van der Waals surface area contributed by atoms with Crippen LogP contribution >= 0.6 is 0 Å². The molecular weight excluding hydrogens is 432 g/mol. The highest BCUT2D eigenvalue weighted by Crippen LogP contribution is 2.40. The third-order valence-corrected chi connectivity index (χ3v) is 5.53. The number of nitrogens with zero attached hydrogens (tertiary/aromatic N) is 2. The second kappa shape index (κ2) is 9.79. The number of rotatable bonds is 7. The molecule has 34 heavy (non-hydrogen) atoms. The molecule has 174 valence electrons. The Balaban J connectivity index is 1.79. The third-order valence-electron chi connectivity index (χ3n) is 5.53. The highest BCUT2D eigenvalue weighted by Gasteiger charge is 2.46. The zero-order valence-corrected chi connectivity index (χ0v) is 19.3. The topological polar surface area (TPSA) is 89.0 Å². The monoisotopic (exact) mass is 458 g/mol. The maximum atomic E-state index is 13.2. The molecule has 2 aromatic carbocycles. The molecule has 3 aromatic rings. The number of carbonyl (C=O) groups excluding carboxylic acids is 2. The molecule has 1 unspecified atom stereocenters. The fourth-order valence-electron chi connectivity index (χ4n) is 3.96. The molecular formula is C27H26N2O5. The van der Waals surface area contributed by atoms with Crippen LogP contribution < -0.4 is 9.47 Å². The Kier molecular flexibility index (Phi) is 6.63. The van der Waals surface area contributed by atoms with E-state index >= 15 is 0 Å². The van der Waals surface area contributed by atoms with E-state index in [1.807, 2.05) is 19.9 Å². The summed E-state index contributed by atoms with van der Waals surface area (Å²) in [6, 6.07) is 18.5. The smallest absolute Gasteiger partial charge is 0.296 e. The zero-order chi connectivity index (χ0) is 24.2. The highest BCUT2D eigenvalue weighted by molar-refractivity contribution is 6.46. The maximum Gasteiger partial charge on any atom is 0.296 e. The van der Waals surface area contributed by atoms with Gasteiger partial charge in [0.25, 0.3) is 11.7 Å². The molecule has 7 heteroatoms. The summed E-state index contributed by atoms with van der Waals surface area (Å²) >= 11 is 0. The number of amides is 1.